The van der Waals surface area contributed by atoms with Crippen LogP contribution in [0.4, 0.5) is 14.5 Å². The summed E-state index contributed by atoms with van der Waals surface area (Å²) in [7, 11) is 0. The minimum absolute atomic E-state index is 0.348. The maximum Gasteiger partial charge on any atom is 0.280 e. The molecule has 2 aromatic rings. The monoisotopic (exact) mass is 334 g/mol. The Morgan fingerprint density at radius 2 is 2.00 bits per heavy atom. The molecule has 0 atom stereocenters. The van der Waals surface area contributed by atoms with Crippen molar-refractivity contribution < 1.29 is 8.78 Å². The van der Waals surface area contributed by atoms with Gasteiger partial charge in [0.2, 0.25) is 0 Å². The molecule has 24 heavy (non-hydrogen) atoms. The third-order valence-corrected chi connectivity index (χ3v) is 4.44. The molecule has 0 unspecified atom stereocenters. The zero-order valence-electron chi connectivity index (χ0n) is 13.5. The van der Waals surface area contributed by atoms with Crippen molar-refractivity contribution in [3.05, 3.63) is 52.5 Å². The Kier molecular flexibility index (Phi) is 4.87. The van der Waals surface area contributed by atoms with Crippen LogP contribution in [0.15, 0.2) is 35.5 Å². The van der Waals surface area contributed by atoms with Gasteiger partial charge in [-0.05, 0) is 37.8 Å². The first-order valence-corrected chi connectivity index (χ1v) is 8.05. The van der Waals surface area contributed by atoms with Gasteiger partial charge >= 0.3 is 0 Å². The van der Waals surface area contributed by atoms with Crippen LogP contribution >= 0.6 is 0 Å². The van der Waals surface area contributed by atoms with E-state index in [1.165, 1.54) is 16.6 Å². The van der Waals surface area contributed by atoms with Gasteiger partial charge in [-0.2, -0.15) is 0 Å². The van der Waals surface area contributed by atoms with Crippen molar-refractivity contribution in [3.8, 4) is 0 Å². The van der Waals surface area contributed by atoms with E-state index in [2.05, 4.69) is 20.9 Å². The Bertz CT molecular complexity index is 754. The summed E-state index contributed by atoms with van der Waals surface area (Å²) < 4.78 is 26.5. The first-order chi connectivity index (χ1) is 11.5. The Morgan fingerprint density at radius 1 is 1.25 bits per heavy atom. The Labute approximate surface area is 139 Å². The Hall–Kier alpha value is -2.31. The van der Waals surface area contributed by atoms with Gasteiger partial charge in [-0.25, -0.2) is 13.8 Å². The lowest BCUT2D eigenvalue weighted by Crippen LogP contribution is -2.36. The molecule has 1 aliphatic rings. The summed E-state index contributed by atoms with van der Waals surface area (Å²) in [6.45, 7) is 4.31. The van der Waals surface area contributed by atoms with Crippen LogP contribution in [-0.2, 0) is 6.54 Å². The van der Waals surface area contributed by atoms with Crippen molar-refractivity contribution in [2.24, 2.45) is 5.92 Å². The first kappa shape index (κ1) is 16.5. The zero-order valence-corrected chi connectivity index (χ0v) is 13.5. The van der Waals surface area contributed by atoms with E-state index in [1.807, 2.05) is 19.2 Å². The van der Waals surface area contributed by atoms with Crippen LogP contribution in [0.1, 0.15) is 30.7 Å². The van der Waals surface area contributed by atoms with Gasteiger partial charge < -0.3 is 4.90 Å². The number of rotatable bonds is 4. The molecule has 128 valence electrons. The predicted octanol–water partition coefficient (Wildman–Crippen LogP) is 2.80. The molecule has 2 aromatic heterocycles. The molecule has 0 bridgehead atoms. The third kappa shape index (κ3) is 3.77. The quantitative estimate of drug-likeness (QED) is 0.863. The van der Waals surface area contributed by atoms with E-state index in [1.54, 1.807) is 0 Å². The summed E-state index contributed by atoms with van der Waals surface area (Å²) in [6, 6.07) is 5.00. The largest absolute Gasteiger partial charge is 0.371 e. The van der Waals surface area contributed by atoms with Gasteiger partial charge in [0.05, 0.1) is 6.33 Å². The van der Waals surface area contributed by atoms with Gasteiger partial charge in [-0.1, -0.05) is 0 Å². The summed E-state index contributed by atoms with van der Waals surface area (Å²) in [5.41, 5.74) is 1.29. The molecule has 0 amide bonds. The molecule has 1 fully saturated rings. The van der Waals surface area contributed by atoms with E-state index in [-0.39, 0.29) is 0 Å². The maximum absolute atomic E-state index is 12.5. The van der Waals surface area contributed by atoms with E-state index in [0.717, 1.165) is 37.7 Å². The van der Waals surface area contributed by atoms with Crippen LogP contribution in [0.25, 0.3) is 0 Å². The fourth-order valence-corrected chi connectivity index (χ4v) is 3.08. The number of piperidine rings is 1. The van der Waals surface area contributed by atoms with Gasteiger partial charge in [-0.15, -0.1) is 0 Å². The fourth-order valence-electron chi connectivity index (χ4n) is 3.08. The standard InChI is InChI=1S/C17H20F2N4O/c1-12-8-14(2-5-20-12)22-6-3-13(4-7-22)10-23-11-21-15(17(18)19)9-16(23)24/h2,5,8-9,11,13,17H,3-4,6-7,10H2,1H3. The molecule has 0 aliphatic carbocycles. The minimum Gasteiger partial charge on any atom is -0.371 e. The molecule has 0 N–H and O–H groups in total. The van der Waals surface area contributed by atoms with Crippen molar-refractivity contribution >= 4 is 5.69 Å². The normalized spacial score (nSPS) is 15.9. The van der Waals surface area contributed by atoms with Crippen LogP contribution in [0.2, 0.25) is 0 Å². The maximum atomic E-state index is 12.5. The molecule has 7 heteroatoms. The van der Waals surface area contributed by atoms with Gasteiger partial charge in [0.25, 0.3) is 12.0 Å². The summed E-state index contributed by atoms with van der Waals surface area (Å²) in [5, 5.41) is 0. The first-order valence-electron chi connectivity index (χ1n) is 8.05. The van der Waals surface area contributed by atoms with Crippen LogP contribution < -0.4 is 10.5 Å². The molecule has 0 aromatic carbocycles. The van der Waals surface area contributed by atoms with Crippen LogP contribution in [-0.4, -0.2) is 27.6 Å². The number of hydrogen-bond acceptors (Lipinski definition) is 4. The lowest BCUT2D eigenvalue weighted by molar-refractivity contribution is 0.145. The molecular formula is C17H20F2N4O. The number of nitrogens with zero attached hydrogens (tertiary/aromatic N) is 4. The van der Waals surface area contributed by atoms with E-state index in [4.69, 9.17) is 0 Å². The SMILES string of the molecule is Cc1cc(N2CCC(Cn3cnc(C(F)F)cc3=O)CC2)ccn1. The highest BCUT2D eigenvalue weighted by Crippen LogP contribution is 2.24. The molecule has 1 saturated heterocycles. The summed E-state index contributed by atoms with van der Waals surface area (Å²) in [6.07, 6.45) is 2.24. The average molecular weight is 334 g/mol. The van der Waals surface area contributed by atoms with Gasteiger partial charge in [0.15, 0.2) is 0 Å². The topological polar surface area (TPSA) is 51.0 Å². The van der Waals surface area contributed by atoms with E-state index < -0.39 is 17.7 Å². The zero-order chi connectivity index (χ0) is 17.1. The van der Waals surface area contributed by atoms with Crippen molar-refractivity contribution in [3.63, 3.8) is 0 Å². The summed E-state index contributed by atoms with van der Waals surface area (Å²) in [4.78, 5) is 22.1. The van der Waals surface area contributed by atoms with Crippen molar-refractivity contribution in [2.75, 3.05) is 18.0 Å². The summed E-state index contributed by atoms with van der Waals surface area (Å²) >= 11 is 0. The Balaban J connectivity index is 1.60. The highest BCUT2D eigenvalue weighted by atomic mass is 19.3. The van der Waals surface area contributed by atoms with Gasteiger partial charge in [-0.3, -0.25) is 14.3 Å². The number of alkyl halides is 2. The number of pyridine rings is 1. The second-order valence-corrected chi connectivity index (χ2v) is 6.19. The minimum atomic E-state index is -2.71. The number of aryl methyl sites for hydroxylation is 1. The number of aromatic nitrogens is 3. The lowest BCUT2D eigenvalue weighted by Gasteiger charge is -2.33. The molecule has 0 spiro atoms. The summed E-state index contributed by atoms with van der Waals surface area (Å²) in [5.74, 6) is 0.348. The Morgan fingerprint density at radius 3 is 2.62 bits per heavy atom. The van der Waals surface area contributed by atoms with E-state index in [9.17, 15) is 13.6 Å². The van der Waals surface area contributed by atoms with Gasteiger partial charge in [0.1, 0.15) is 5.69 Å². The predicted molar refractivity (Wildman–Crippen MR) is 87.4 cm³/mol. The lowest BCUT2D eigenvalue weighted by atomic mass is 9.96. The second-order valence-electron chi connectivity index (χ2n) is 6.19. The second kappa shape index (κ2) is 7.07. The molecular weight excluding hydrogens is 314 g/mol. The fraction of sp³-hybridized carbons (Fsp3) is 0.471. The number of hydrogen-bond donors (Lipinski definition) is 0. The van der Waals surface area contributed by atoms with Crippen LogP contribution in [0.5, 0.6) is 0 Å². The van der Waals surface area contributed by atoms with Crippen molar-refractivity contribution in [2.45, 2.75) is 32.7 Å². The van der Waals surface area contributed by atoms with Gasteiger partial charge in [0, 0.05) is 43.3 Å². The molecule has 0 radical (unpaired) electrons. The van der Waals surface area contributed by atoms with Crippen molar-refractivity contribution in [1.82, 2.24) is 14.5 Å². The smallest absolute Gasteiger partial charge is 0.280 e. The van der Waals surface area contributed by atoms with E-state index in [0.29, 0.717) is 12.5 Å². The van der Waals surface area contributed by atoms with Crippen molar-refractivity contribution in [1.29, 1.82) is 0 Å². The van der Waals surface area contributed by atoms with E-state index >= 15 is 0 Å². The van der Waals surface area contributed by atoms with Crippen LogP contribution in [0, 0.1) is 12.8 Å². The number of anilines is 1. The molecule has 3 heterocycles. The number of halogens is 2. The molecule has 0 saturated carbocycles. The highest BCUT2D eigenvalue weighted by Gasteiger charge is 2.21. The molecule has 5 nitrogen and oxygen atoms in total. The van der Waals surface area contributed by atoms with Crippen LogP contribution in [0.3, 0.4) is 0 Å². The molecule has 1 aliphatic heterocycles. The third-order valence-electron chi connectivity index (χ3n) is 4.44. The highest BCUT2D eigenvalue weighted by molar-refractivity contribution is 5.46. The average Bonchev–Trinajstić information content (AvgIpc) is 2.57. The molecule has 3 rings (SSSR count).